The van der Waals surface area contributed by atoms with Crippen molar-refractivity contribution in [1.82, 2.24) is 9.78 Å². The maximum absolute atomic E-state index is 11.5. The third-order valence-electron chi connectivity index (χ3n) is 3.62. The normalized spacial score (nSPS) is 12.0. The molecule has 1 aromatic heterocycles. The van der Waals surface area contributed by atoms with E-state index < -0.39 is 9.84 Å². The van der Waals surface area contributed by atoms with Crippen LogP contribution in [0.5, 0.6) is 0 Å². The van der Waals surface area contributed by atoms with E-state index in [4.69, 9.17) is 0 Å². The van der Waals surface area contributed by atoms with Crippen molar-refractivity contribution in [3.63, 3.8) is 0 Å². The lowest BCUT2D eigenvalue weighted by atomic mass is 10.0. The summed E-state index contributed by atoms with van der Waals surface area (Å²) in [7, 11) is -3.13. The van der Waals surface area contributed by atoms with Crippen molar-refractivity contribution in [1.29, 1.82) is 0 Å². The Morgan fingerprint density at radius 3 is 2.29 bits per heavy atom. The molecule has 114 valence electrons. The second kappa shape index (κ2) is 6.02. The van der Waals surface area contributed by atoms with Crippen LogP contribution in [0.1, 0.15) is 43.5 Å². The van der Waals surface area contributed by atoms with Gasteiger partial charge in [-0.25, -0.2) is 8.42 Å². The van der Waals surface area contributed by atoms with Crippen LogP contribution in [-0.4, -0.2) is 24.5 Å². The van der Waals surface area contributed by atoms with Crippen LogP contribution in [0.25, 0.3) is 0 Å². The highest BCUT2D eigenvalue weighted by atomic mass is 32.2. The first-order chi connectivity index (χ1) is 9.82. The van der Waals surface area contributed by atoms with E-state index in [2.05, 4.69) is 25.9 Å². The fourth-order valence-electron chi connectivity index (χ4n) is 2.45. The van der Waals surface area contributed by atoms with Gasteiger partial charge in [-0.2, -0.15) is 5.10 Å². The minimum absolute atomic E-state index is 0.352. The lowest BCUT2D eigenvalue weighted by molar-refractivity contribution is 0.601. The standard InChI is InChI=1S/C16H22N2O2S/c1-5-16-15(12(2)3)10-17-18(16)11-13-6-8-14(9-7-13)21(4,19)20/h6-10,12H,5,11H2,1-4H3. The molecule has 1 heterocycles. The molecule has 21 heavy (non-hydrogen) atoms. The Morgan fingerprint density at radius 2 is 1.81 bits per heavy atom. The molecule has 0 N–H and O–H groups in total. The van der Waals surface area contributed by atoms with Crippen LogP contribution in [-0.2, 0) is 22.8 Å². The predicted molar refractivity (Wildman–Crippen MR) is 84.3 cm³/mol. The number of nitrogens with zero attached hydrogens (tertiary/aromatic N) is 2. The lowest BCUT2D eigenvalue weighted by Gasteiger charge is -2.10. The van der Waals surface area contributed by atoms with E-state index >= 15 is 0 Å². The van der Waals surface area contributed by atoms with Crippen LogP contribution in [0, 0.1) is 0 Å². The van der Waals surface area contributed by atoms with Gasteiger partial charge in [0.05, 0.1) is 17.6 Å². The summed E-state index contributed by atoms with van der Waals surface area (Å²) in [5, 5.41) is 4.47. The van der Waals surface area contributed by atoms with Crippen LogP contribution in [0.3, 0.4) is 0 Å². The summed E-state index contributed by atoms with van der Waals surface area (Å²) in [6.07, 6.45) is 4.10. The van der Waals surface area contributed by atoms with E-state index in [0.717, 1.165) is 12.0 Å². The first-order valence-electron chi connectivity index (χ1n) is 7.16. The second-order valence-electron chi connectivity index (χ2n) is 5.63. The zero-order chi connectivity index (χ0) is 15.6. The van der Waals surface area contributed by atoms with Gasteiger partial charge in [-0.3, -0.25) is 4.68 Å². The molecule has 0 amide bonds. The molecule has 1 aromatic carbocycles. The molecule has 0 bridgehead atoms. The molecule has 2 aromatic rings. The van der Waals surface area contributed by atoms with E-state index in [-0.39, 0.29) is 0 Å². The van der Waals surface area contributed by atoms with E-state index in [1.54, 1.807) is 12.1 Å². The quantitative estimate of drug-likeness (QED) is 0.853. The number of rotatable bonds is 5. The molecule has 0 aliphatic heterocycles. The van der Waals surface area contributed by atoms with Gasteiger partial charge in [-0.1, -0.05) is 32.9 Å². The van der Waals surface area contributed by atoms with Gasteiger partial charge in [0, 0.05) is 11.9 Å². The summed E-state index contributed by atoms with van der Waals surface area (Å²) < 4.78 is 24.9. The summed E-state index contributed by atoms with van der Waals surface area (Å²) in [6.45, 7) is 7.13. The first-order valence-corrected chi connectivity index (χ1v) is 9.05. The van der Waals surface area contributed by atoms with Crippen molar-refractivity contribution < 1.29 is 8.42 Å². The number of hydrogen-bond acceptors (Lipinski definition) is 3. The molecular weight excluding hydrogens is 284 g/mol. The van der Waals surface area contributed by atoms with Crippen LogP contribution < -0.4 is 0 Å². The number of hydrogen-bond donors (Lipinski definition) is 0. The summed E-state index contributed by atoms with van der Waals surface area (Å²) in [5.41, 5.74) is 3.58. The van der Waals surface area contributed by atoms with E-state index in [0.29, 0.717) is 17.4 Å². The molecule has 0 radical (unpaired) electrons. The molecular formula is C16H22N2O2S. The molecule has 5 heteroatoms. The highest BCUT2D eigenvalue weighted by Gasteiger charge is 2.12. The van der Waals surface area contributed by atoms with Gasteiger partial charge in [0.1, 0.15) is 0 Å². The third kappa shape index (κ3) is 3.53. The Hall–Kier alpha value is -1.62. The van der Waals surface area contributed by atoms with Gasteiger partial charge in [0.15, 0.2) is 9.84 Å². The Bertz CT molecular complexity index is 713. The summed E-state index contributed by atoms with van der Waals surface area (Å²) >= 11 is 0. The zero-order valence-electron chi connectivity index (χ0n) is 13.0. The van der Waals surface area contributed by atoms with Gasteiger partial charge in [-0.05, 0) is 35.6 Å². The molecule has 0 unspecified atom stereocenters. The van der Waals surface area contributed by atoms with Crippen molar-refractivity contribution in [2.45, 2.75) is 44.6 Å². The third-order valence-corrected chi connectivity index (χ3v) is 4.75. The minimum atomic E-state index is -3.13. The van der Waals surface area contributed by atoms with E-state index in [1.165, 1.54) is 17.5 Å². The van der Waals surface area contributed by atoms with Crippen molar-refractivity contribution >= 4 is 9.84 Å². The lowest BCUT2D eigenvalue weighted by Crippen LogP contribution is -2.07. The molecule has 0 aliphatic rings. The van der Waals surface area contributed by atoms with Gasteiger partial charge < -0.3 is 0 Å². The average molecular weight is 306 g/mol. The van der Waals surface area contributed by atoms with Gasteiger partial charge in [0.25, 0.3) is 0 Å². The van der Waals surface area contributed by atoms with Crippen molar-refractivity contribution in [3.05, 3.63) is 47.3 Å². The minimum Gasteiger partial charge on any atom is -0.265 e. The summed E-state index contributed by atoms with van der Waals surface area (Å²) in [5.74, 6) is 0.460. The summed E-state index contributed by atoms with van der Waals surface area (Å²) in [6, 6.07) is 7.02. The number of aromatic nitrogens is 2. The topological polar surface area (TPSA) is 52.0 Å². The Kier molecular flexibility index (Phi) is 4.52. The number of sulfone groups is 1. The number of benzene rings is 1. The molecule has 0 saturated heterocycles. The predicted octanol–water partition coefficient (Wildman–Crippen LogP) is 3.02. The van der Waals surface area contributed by atoms with Crippen molar-refractivity contribution in [3.8, 4) is 0 Å². The van der Waals surface area contributed by atoms with Gasteiger partial charge in [0.2, 0.25) is 0 Å². The van der Waals surface area contributed by atoms with Crippen LogP contribution in [0.15, 0.2) is 35.4 Å². The highest BCUT2D eigenvalue weighted by Crippen LogP contribution is 2.20. The fourth-order valence-corrected chi connectivity index (χ4v) is 3.08. The largest absolute Gasteiger partial charge is 0.265 e. The molecule has 0 spiro atoms. The summed E-state index contributed by atoms with van der Waals surface area (Å²) in [4.78, 5) is 0.352. The molecule has 0 fully saturated rings. The van der Waals surface area contributed by atoms with Gasteiger partial charge in [-0.15, -0.1) is 0 Å². The van der Waals surface area contributed by atoms with Crippen LogP contribution in [0.2, 0.25) is 0 Å². The smallest absolute Gasteiger partial charge is 0.175 e. The van der Waals surface area contributed by atoms with Crippen molar-refractivity contribution in [2.75, 3.05) is 6.26 Å². The molecule has 4 nitrogen and oxygen atoms in total. The molecule has 0 atom stereocenters. The Balaban J connectivity index is 2.27. The molecule has 2 rings (SSSR count). The van der Waals surface area contributed by atoms with Gasteiger partial charge >= 0.3 is 0 Å². The second-order valence-corrected chi connectivity index (χ2v) is 7.64. The SMILES string of the molecule is CCc1c(C(C)C)cnn1Cc1ccc(S(C)(=O)=O)cc1. The fraction of sp³-hybridized carbons (Fsp3) is 0.438. The van der Waals surface area contributed by atoms with Crippen LogP contribution in [0.4, 0.5) is 0 Å². The monoisotopic (exact) mass is 306 g/mol. The molecule has 0 aliphatic carbocycles. The van der Waals surface area contributed by atoms with E-state index in [1.807, 2.05) is 23.0 Å². The Labute approximate surface area is 126 Å². The van der Waals surface area contributed by atoms with E-state index in [9.17, 15) is 8.42 Å². The van der Waals surface area contributed by atoms with Crippen LogP contribution >= 0.6 is 0 Å². The Morgan fingerprint density at radius 1 is 1.19 bits per heavy atom. The highest BCUT2D eigenvalue weighted by molar-refractivity contribution is 7.90. The van der Waals surface area contributed by atoms with Crippen molar-refractivity contribution in [2.24, 2.45) is 0 Å². The molecule has 0 saturated carbocycles. The maximum atomic E-state index is 11.5. The first kappa shape index (κ1) is 15.8. The maximum Gasteiger partial charge on any atom is 0.175 e. The average Bonchev–Trinajstić information content (AvgIpc) is 2.81. The zero-order valence-corrected chi connectivity index (χ0v) is 13.8.